The highest BCUT2D eigenvalue weighted by Crippen LogP contribution is 2.27. The summed E-state index contributed by atoms with van der Waals surface area (Å²) in [5.74, 6) is 0.628. The van der Waals surface area contributed by atoms with Crippen LogP contribution in [0.4, 0.5) is 0 Å². The zero-order valence-electron chi connectivity index (χ0n) is 11.3. The Balaban J connectivity index is 1.60. The van der Waals surface area contributed by atoms with Crippen LogP contribution in [0.5, 0.6) is 11.5 Å². The van der Waals surface area contributed by atoms with E-state index in [1.54, 1.807) is 18.2 Å². The van der Waals surface area contributed by atoms with Crippen LogP contribution in [-0.4, -0.2) is 24.2 Å². The number of phenolic OH excluding ortho intramolecular Hbond substituents is 1. The van der Waals surface area contributed by atoms with E-state index >= 15 is 0 Å². The number of aromatic hydroxyl groups is 1. The Bertz CT molecular complexity index is 587. The Morgan fingerprint density at radius 3 is 2.90 bits per heavy atom. The number of amides is 1. The molecule has 2 N–H and O–H groups in total. The van der Waals surface area contributed by atoms with Gasteiger partial charge in [0.15, 0.2) is 0 Å². The standard InChI is InChI=1S/C15H16ClNO3S/c16-13-9-12(3-4-14(13)18)20-7-2-1-6-17-15(19)11-5-8-21-10-11/h3-5,8-10,18H,1-2,6-7H2,(H,17,19). The van der Waals surface area contributed by atoms with Gasteiger partial charge < -0.3 is 15.2 Å². The normalized spacial score (nSPS) is 10.3. The molecule has 0 unspecified atom stereocenters. The average molecular weight is 326 g/mol. The Hall–Kier alpha value is -1.72. The molecule has 0 bridgehead atoms. The van der Waals surface area contributed by atoms with Gasteiger partial charge in [0.1, 0.15) is 11.5 Å². The summed E-state index contributed by atoms with van der Waals surface area (Å²) >= 11 is 7.29. The first-order valence-electron chi connectivity index (χ1n) is 6.58. The number of nitrogens with one attached hydrogen (secondary N) is 1. The van der Waals surface area contributed by atoms with Gasteiger partial charge in [-0.1, -0.05) is 11.6 Å². The SMILES string of the molecule is O=C(NCCCCOc1ccc(O)c(Cl)c1)c1ccsc1. The van der Waals surface area contributed by atoms with E-state index in [4.69, 9.17) is 16.3 Å². The summed E-state index contributed by atoms with van der Waals surface area (Å²) in [5.41, 5.74) is 0.704. The van der Waals surface area contributed by atoms with Crippen LogP contribution in [0.25, 0.3) is 0 Å². The van der Waals surface area contributed by atoms with Crippen LogP contribution in [0.2, 0.25) is 5.02 Å². The van der Waals surface area contributed by atoms with Crippen molar-refractivity contribution in [1.29, 1.82) is 0 Å². The van der Waals surface area contributed by atoms with E-state index in [-0.39, 0.29) is 16.7 Å². The number of unbranched alkanes of at least 4 members (excludes halogenated alkanes) is 1. The van der Waals surface area contributed by atoms with Gasteiger partial charge in [-0.15, -0.1) is 0 Å². The summed E-state index contributed by atoms with van der Waals surface area (Å²) in [4.78, 5) is 11.7. The summed E-state index contributed by atoms with van der Waals surface area (Å²) in [6, 6.07) is 6.55. The first kappa shape index (κ1) is 15.7. The average Bonchev–Trinajstić information content (AvgIpc) is 3.00. The largest absolute Gasteiger partial charge is 0.506 e. The second-order valence-electron chi connectivity index (χ2n) is 4.44. The molecule has 0 radical (unpaired) electrons. The molecule has 0 aliphatic carbocycles. The highest BCUT2D eigenvalue weighted by atomic mass is 35.5. The third-order valence-corrected chi connectivity index (χ3v) is 3.81. The fourth-order valence-electron chi connectivity index (χ4n) is 1.69. The van der Waals surface area contributed by atoms with E-state index in [1.165, 1.54) is 17.4 Å². The molecule has 21 heavy (non-hydrogen) atoms. The Morgan fingerprint density at radius 1 is 1.33 bits per heavy atom. The quantitative estimate of drug-likeness (QED) is 0.763. The van der Waals surface area contributed by atoms with E-state index in [2.05, 4.69) is 5.32 Å². The van der Waals surface area contributed by atoms with Crippen LogP contribution in [0.3, 0.4) is 0 Å². The number of hydrogen-bond donors (Lipinski definition) is 2. The molecule has 112 valence electrons. The molecule has 1 aromatic carbocycles. The van der Waals surface area contributed by atoms with Crippen LogP contribution >= 0.6 is 22.9 Å². The van der Waals surface area contributed by atoms with Gasteiger partial charge in [-0.25, -0.2) is 0 Å². The number of carbonyl (C=O) groups is 1. The minimum atomic E-state index is -0.0394. The maximum atomic E-state index is 11.7. The molecule has 0 saturated carbocycles. The topological polar surface area (TPSA) is 58.6 Å². The van der Waals surface area contributed by atoms with Crippen molar-refractivity contribution in [3.63, 3.8) is 0 Å². The molecule has 0 aliphatic heterocycles. The van der Waals surface area contributed by atoms with Crippen molar-refractivity contribution in [3.8, 4) is 11.5 Å². The number of hydrogen-bond acceptors (Lipinski definition) is 4. The van der Waals surface area contributed by atoms with E-state index in [1.807, 2.05) is 10.8 Å². The van der Waals surface area contributed by atoms with Crippen molar-refractivity contribution in [2.24, 2.45) is 0 Å². The monoisotopic (exact) mass is 325 g/mol. The highest BCUT2D eigenvalue weighted by Gasteiger charge is 2.04. The fourth-order valence-corrected chi connectivity index (χ4v) is 2.50. The number of halogens is 1. The van der Waals surface area contributed by atoms with Crippen LogP contribution in [0.1, 0.15) is 23.2 Å². The molecule has 0 saturated heterocycles. The van der Waals surface area contributed by atoms with E-state index < -0.39 is 0 Å². The van der Waals surface area contributed by atoms with Gasteiger partial charge in [0.05, 0.1) is 11.6 Å². The van der Waals surface area contributed by atoms with Gasteiger partial charge in [-0.3, -0.25) is 4.79 Å². The van der Waals surface area contributed by atoms with Gasteiger partial charge in [0.2, 0.25) is 0 Å². The molecule has 2 rings (SSSR count). The zero-order valence-corrected chi connectivity index (χ0v) is 12.9. The van der Waals surface area contributed by atoms with Gasteiger partial charge in [0.25, 0.3) is 5.91 Å². The second kappa shape index (κ2) is 7.90. The minimum absolute atomic E-state index is 0.0394. The number of ether oxygens (including phenoxy) is 1. The lowest BCUT2D eigenvalue weighted by atomic mass is 10.3. The maximum absolute atomic E-state index is 11.7. The smallest absolute Gasteiger partial charge is 0.252 e. The number of benzene rings is 1. The van der Waals surface area contributed by atoms with E-state index in [0.717, 1.165) is 12.8 Å². The van der Waals surface area contributed by atoms with Crippen LogP contribution < -0.4 is 10.1 Å². The molecule has 4 nitrogen and oxygen atoms in total. The van der Waals surface area contributed by atoms with Gasteiger partial charge in [0, 0.05) is 23.6 Å². The highest BCUT2D eigenvalue weighted by molar-refractivity contribution is 7.08. The summed E-state index contributed by atoms with van der Waals surface area (Å²) in [6.07, 6.45) is 1.66. The van der Waals surface area contributed by atoms with E-state index in [9.17, 15) is 9.90 Å². The zero-order chi connectivity index (χ0) is 15.1. The third-order valence-electron chi connectivity index (χ3n) is 2.83. The molecule has 0 aliphatic rings. The molecular formula is C15H16ClNO3S. The van der Waals surface area contributed by atoms with E-state index in [0.29, 0.717) is 24.5 Å². The predicted molar refractivity (Wildman–Crippen MR) is 84.5 cm³/mol. The number of carbonyl (C=O) groups excluding carboxylic acids is 1. The molecule has 1 heterocycles. The minimum Gasteiger partial charge on any atom is -0.506 e. The molecule has 1 aromatic heterocycles. The fraction of sp³-hybridized carbons (Fsp3) is 0.267. The summed E-state index contributed by atoms with van der Waals surface area (Å²) < 4.78 is 5.51. The van der Waals surface area contributed by atoms with Crippen molar-refractivity contribution in [2.75, 3.05) is 13.2 Å². The summed E-state index contributed by atoms with van der Waals surface area (Å²) in [6.45, 7) is 1.16. The number of thiophene rings is 1. The van der Waals surface area contributed by atoms with Crippen LogP contribution in [0, 0.1) is 0 Å². The molecule has 2 aromatic rings. The summed E-state index contributed by atoms with van der Waals surface area (Å²) in [7, 11) is 0. The lowest BCUT2D eigenvalue weighted by Gasteiger charge is -2.07. The molecule has 0 fully saturated rings. The lowest BCUT2D eigenvalue weighted by Crippen LogP contribution is -2.24. The molecule has 0 atom stereocenters. The first-order chi connectivity index (χ1) is 10.2. The van der Waals surface area contributed by atoms with Gasteiger partial charge in [-0.05, 0) is 36.4 Å². The second-order valence-corrected chi connectivity index (χ2v) is 5.62. The van der Waals surface area contributed by atoms with Crippen molar-refractivity contribution in [1.82, 2.24) is 5.32 Å². The molecule has 0 spiro atoms. The van der Waals surface area contributed by atoms with Gasteiger partial charge >= 0.3 is 0 Å². The third kappa shape index (κ3) is 4.95. The number of rotatable bonds is 7. The van der Waals surface area contributed by atoms with Crippen molar-refractivity contribution < 1.29 is 14.6 Å². The Kier molecular flexibility index (Phi) is 5.90. The van der Waals surface area contributed by atoms with Crippen LogP contribution in [-0.2, 0) is 0 Å². The lowest BCUT2D eigenvalue weighted by molar-refractivity contribution is 0.0953. The summed E-state index contributed by atoms with van der Waals surface area (Å²) in [5, 5.41) is 16.1. The number of phenols is 1. The van der Waals surface area contributed by atoms with Crippen molar-refractivity contribution in [3.05, 3.63) is 45.6 Å². The molecular weight excluding hydrogens is 310 g/mol. The van der Waals surface area contributed by atoms with Crippen LogP contribution in [0.15, 0.2) is 35.0 Å². The molecule has 6 heteroatoms. The first-order valence-corrected chi connectivity index (χ1v) is 7.90. The Morgan fingerprint density at radius 2 is 2.19 bits per heavy atom. The van der Waals surface area contributed by atoms with Gasteiger partial charge in [-0.2, -0.15) is 11.3 Å². The Labute approximate surface area is 132 Å². The molecule has 1 amide bonds. The predicted octanol–water partition coefficient (Wildman–Crippen LogP) is 3.70. The van der Waals surface area contributed by atoms with Crippen molar-refractivity contribution in [2.45, 2.75) is 12.8 Å². The maximum Gasteiger partial charge on any atom is 0.252 e. The van der Waals surface area contributed by atoms with Crippen molar-refractivity contribution >= 4 is 28.8 Å².